The molecule has 1 aliphatic carbocycles. The number of carbonyl (C=O) groups excluding carboxylic acids is 2. The molecule has 10 heteroatoms. The summed E-state index contributed by atoms with van der Waals surface area (Å²) < 4.78 is 33.6. The number of rotatable bonds is 11. The SMILES string of the molecule is CCOCCOC(=O)C1C(C)=NC2=C(C(=O)C[C@H](c3ccc(OC)c(OC)c3)C2)[C@H]1c1cc(Br)c(OC)c(OC)c1. The van der Waals surface area contributed by atoms with E-state index in [0.29, 0.717) is 57.5 Å². The van der Waals surface area contributed by atoms with Crippen molar-refractivity contribution in [3.05, 3.63) is 57.2 Å². The molecule has 0 bridgehead atoms. The van der Waals surface area contributed by atoms with E-state index >= 15 is 0 Å². The van der Waals surface area contributed by atoms with Gasteiger partial charge in [0.15, 0.2) is 28.8 Å². The van der Waals surface area contributed by atoms with Crippen molar-refractivity contribution < 1.29 is 38.0 Å². The Morgan fingerprint density at radius 2 is 1.63 bits per heavy atom. The second kappa shape index (κ2) is 13.5. The minimum Gasteiger partial charge on any atom is -0.493 e. The summed E-state index contributed by atoms with van der Waals surface area (Å²) in [6.45, 7) is 4.61. The highest BCUT2D eigenvalue weighted by molar-refractivity contribution is 9.10. The number of hydrogen-bond donors (Lipinski definition) is 0. The van der Waals surface area contributed by atoms with Crippen molar-refractivity contribution in [2.75, 3.05) is 48.3 Å². The number of hydrogen-bond acceptors (Lipinski definition) is 9. The Labute approximate surface area is 248 Å². The first-order chi connectivity index (χ1) is 19.8. The van der Waals surface area contributed by atoms with E-state index in [9.17, 15) is 9.59 Å². The number of esters is 1. The zero-order valence-electron chi connectivity index (χ0n) is 24.2. The normalized spacial score (nSPS) is 20.2. The monoisotopic (exact) mass is 629 g/mol. The maximum absolute atomic E-state index is 14.0. The van der Waals surface area contributed by atoms with Gasteiger partial charge in [0.2, 0.25) is 0 Å². The van der Waals surface area contributed by atoms with Crippen molar-refractivity contribution >= 4 is 33.4 Å². The summed E-state index contributed by atoms with van der Waals surface area (Å²) in [7, 11) is 6.27. The van der Waals surface area contributed by atoms with Gasteiger partial charge in [-0.25, -0.2) is 0 Å². The summed E-state index contributed by atoms with van der Waals surface area (Å²) in [6.07, 6.45) is 0.797. The fourth-order valence-corrected chi connectivity index (χ4v) is 6.24. The van der Waals surface area contributed by atoms with E-state index in [-0.39, 0.29) is 31.3 Å². The quantitative estimate of drug-likeness (QED) is 0.232. The number of ketones is 1. The molecule has 0 saturated heterocycles. The predicted octanol–water partition coefficient (Wildman–Crippen LogP) is 5.64. The van der Waals surface area contributed by atoms with Crippen LogP contribution in [0.15, 0.2) is 51.1 Å². The third-order valence-electron chi connectivity index (χ3n) is 7.51. The van der Waals surface area contributed by atoms with Gasteiger partial charge in [-0.15, -0.1) is 0 Å². The summed E-state index contributed by atoms with van der Waals surface area (Å²) in [5, 5.41) is 0. The molecule has 2 aromatic carbocycles. The molecule has 2 aromatic rings. The number of benzene rings is 2. The van der Waals surface area contributed by atoms with E-state index in [4.69, 9.17) is 33.4 Å². The van der Waals surface area contributed by atoms with E-state index in [1.54, 1.807) is 28.4 Å². The van der Waals surface area contributed by atoms with Crippen LogP contribution in [0.25, 0.3) is 0 Å². The molecule has 0 fully saturated rings. The first-order valence-corrected chi connectivity index (χ1v) is 14.3. The largest absolute Gasteiger partial charge is 0.493 e. The molecule has 1 aliphatic heterocycles. The lowest BCUT2D eigenvalue weighted by atomic mass is 9.69. The number of aliphatic imine (C=N–C) groups is 1. The van der Waals surface area contributed by atoms with Crippen molar-refractivity contribution in [3.63, 3.8) is 0 Å². The topological polar surface area (TPSA) is 102 Å². The van der Waals surface area contributed by atoms with Crippen LogP contribution < -0.4 is 18.9 Å². The number of methoxy groups -OCH3 is 4. The van der Waals surface area contributed by atoms with E-state index in [1.807, 2.05) is 44.2 Å². The van der Waals surface area contributed by atoms with Crippen molar-refractivity contribution in [2.45, 2.75) is 38.5 Å². The summed E-state index contributed by atoms with van der Waals surface area (Å²) in [4.78, 5) is 32.4. The summed E-state index contributed by atoms with van der Waals surface area (Å²) in [6, 6.07) is 9.38. The van der Waals surface area contributed by atoms with Crippen LogP contribution >= 0.6 is 15.9 Å². The second-order valence-electron chi connectivity index (χ2n) is 9.81. The Bertz CT molecular complexity index is 1370. The van der Waals surface area contributed by atoms with E-state index in [0.717, 1.165) is 11.1 Å². The minimum absolute atomic E-state index is 0.0645. The van der Waals surface area contributed by atoms with Crippen LogP contribution in [0, 0.1) is 5.92 Å². The number of nitrogens with zero attached hydrogens (tertiary/aromatic N) is 1. The molecule has 0 N–H and O–H groups in total. The highest BCUT2D eigenvalue weighted by Crippen LogP contribution is 2.49. The van der Waals surface area contributed by atoms with Gasteiger partial charge < -0.3 is 28.4 Å². The number of Topliss-reactive ketones (excluding diaryl/α,β-unsaturated/α-hetero) is 1. The number of allylic oxidation sites excluding steroid dienone is 2. The molecule has 9 nitrogen and oxygen atoms in total. The van der Waals surface area contributed by atoms with Gasteiger partial charge in [-0.05, 0) is 77.5 Å². The van der Waals surface area contributed by atoms with Crippen LogP contribution in [0.3, 0.4) is 0 Å². The number of halogens is 1. The summed E-state index contributed by atoms with van der Waals surface area (Å²) >= 11 is 3.57. The predicted molar refractivity (Wildman–Crippen MR) is 158 cm³/mol. The molecule has 0 spiro atoms. The standard InChI is InChI=1S/C31H36BrNO8/c1-7-40-10-11-41-31(35)27-17(2)33-22-13-19(18-8-9-24(36-3)25(15-18)37-4)14-23(34)29(22)28(27)20-12-21(32)30(39-6)26(16-20)38-5/h8-9,12,15-16,19,27-28H,7,10-11,13-14H2,1-6H3/t19-,27?,28+/m1/s1. The Kier molecular flexibility index (Phi) is 10.1. The molecule has 1 unspecified atom stereocenters. The number of carbonyl (C=O) groups is 2. The molecule has 1 heterocycles. The van der Waals surface area contributed by atoms with Crippen LogP contribution in [-0.4, -0.2) is 65.7 Å². The van der Waals surface area contributed by atoms with Gasteiger partial charge in [-0.2, -0.15) is 0 Å². The average Bonchev–Trinajstić information content (AvgIpc) is 2.97. The minimum atomic E-state index is -0.790. The molecule has 2 aliphatic rings. The van der Waals surface area contributed by atoms with Gasteiger partial charge in [-0.3, -0.25) is 14.6 Å². The van der Waals surface area contributed by atoms with E-state index in [1.165, 1.54) is 0 Å². The van der Waals surface area contributed by atoms with Crippen LogP contribution in [0.1, 0.15) is 49.7 Å². The van der Waals surface area contributed by atoms with Gasteiger partial charge in [0.1, 0.15) is 12.5 Å². The molecule has 0 aromatic heterocycles. The third-order valence-corrected chi connectivity index (χ3v) is 8.10. The van der Waals surface area contributed by atoms with E-state index in [2.05, 4.69) is 15.9 Å². The van der Waals surface area contributed by atoms with Gasteiger partial charge in [0, 0.05) is 35.9 Å². The van der Waals surface area contributed by atoms with Crippen LogP contribution in [-0.2, 0) is 19.1 Å². The van der Waals surface area contributed by atoms with Crippen molar-refractivity contribution in [2.24, 2.45) is 10.9 Å². The second-order valence-corrected chi connectivity index (χ2v) is 10.7. The fraction of sp³-hybridized carbons (Fsp3) is 0.452. The van der Waals surface area contributed by atoms with E-state index < -0.39 is 17.8 Å². The first kappa shape index (κ1) is 30.6. The highest BCUT2D eigenvalue weighted by atomic mass is 79.9. The Balaban J connectivity index is 1.79. The Morgan fingerprint density at radius 3 is 2.29 bits per heavy atom. The van der Waals surface area contributed by atoms with Crippen LogP contribution in [0.2, 0.25) is 0 Å². The summed E-state index contributed by atoms with van der Waals surface area (Å²) in [5.41, 5.74) is 3.46. The van der Waals surface area contributed by atoms with Crippen molar-refractivity contribution in [1.29, 1.82) is 0 Å². The number of ether oxygens (including phenoxy) is 6. The van der Waals surface area contributed by atoms with Gasteiger partial charge in [-0.1, -0.05) is 6.07 Å². The van der Waals surface area contributed by atoms with Crippen molar-refractivity contribution in [3.8, 4) is 23.0 Å². The fourth-order valence-electron chi connectivity index (χ4n) is 5.62. The van der Waals surface area contributed by atoms with Crippen LogP contribution in [0.5, 0.6) is 23.0 Å². The molecule has 4 rings (SSSR count). The van der Waals surface area contributed by atoms with Gasteiger partial charge in [0.05, 0.1) is 39.5 Å². The maximum Gasteiger partial charge on any atom is 0.315 e. The Hall–Kier alpha value is -3.37. The zero-order chi connectivity index (χ0) is 29.7. The molecule has 3 atom stereocenters. The molecule has 220 valence electrons. The molecule has 0 amide bonds. The molecule has 0 saturated carbocycles. The summed E-state index contributed by atoms with van der Waals surface area (Å²) in [5.74, 6) is 0.191. The zero-order valence-corrected chi connectivity index (χ0v) is 25.8. The van der Waals surface area contributed by atoms with Crippen molar-refractivity contribution in [1.82, 2.24) is 0 Å². The van der Waals surface area contributed by atoms with Crippen LogP contribution in [0.4, 0.5) is 0 Å². The molecular formula is C31H36BrNO8. The average molecular weight is 631 g/mol. The van der Waals surface area contributed by atoms with Gasteiger partial charge >= 0.3 is 5.97 Å². The lowest BCUT2D eigenvalue weighted by Crippen LogP contribution is -2.38. The van der Waals surface area contributed by atoms with Gasteiger partial charge in [0.25, 0.3) is 0 Å². The molecular weight excluding hydrogens is 594 g/mol. The lowest BCUT2D eigenvalue weighted by molar-refractivity contribution is -0.148. The third kappa shape index (κ3) is 6.28. The lowest BCUT2D eigenvalue weighted by Gasteiger charge is -2.36. The Morgan fingerprint density at radius 1 is 0.927 bits per heavy atom. The smallest absolute Gasteiger partial charge is 0.315 e. The highest BCUT2D eigenvalue weighted by Gasteiger charge is 2.45. The first-order valence-electron chi connectivity index (χ1n) is 13.5. The molecule has 0 radical (unpaired) electrons. The maximum atomic E-state index is 14.0. The molecule has 41 heavy (non-hydrogen) atoms.